The third-order valence-electron chi connectivity index (χ3n) is 5.17. The summed E-state index contributed by atoms with van der Waals surface area (Å²) >= 11 is 0. The molecule has 0 aliphatic heterocycles. The molecule has 25 heavy (non-hydrogen) atoms. The molecule has 0 spiro atoms. The molecule has 0 bridgehead atoms. The van der Waals surface area contributed by atoms with Gasteiger partial charge in [0.05, 0.1) is 9.49 Å². The van der Waals surface area contributed by atoms with E-state index in [1.807, 2.05) is 64.1 Å². The van der Waals surface area contributed by atoms with Crippen molar-refractivity contribution in [2.24, 2.45) is 0 Å². The van der Waals surface area contributed by atoms with Crippen LogP contribution in [0, 0.1) is 0 Å². The van der Waals surface area contributed by atoms with E-state index in [1.54, 1.807) is 0 Å². The normalized spacial score (nSPS) is 13.0. The molecule has 0 amide bonds. The van der Waals surface area contributed by atoms with Crippen molar-refractivity contribution < 1.29 is 8.42 Å². The predicted molar refractivity (Wildman–Crippen MR) is 107 cm³/mol. The zero-order valence-corrected chi connectivity index (χ0v) is 16.6. The van der Waals surface area contributed by atoms with Gasteiger partial charge in [-0.3, -0.25) is 0 Å². The Hall–Kier alpha value is -1.61. The molecule has 0 radical (unpaired) electrons. The number of benzene rings is 2. The molecule has 0 fully saturated rings. The predicted octanol–water partition coefficient (Wildman–Crippen LogP) is 5.22. The van der Waals surface area contributed by atoms with Crippen molar-refractivity contribution in [1.82, 2.24) is 0 Å². The van der Waals surface area contributed by atoms with Crippen LogP contribution in [0.3, 0.4) is 0 Å². The first-order valence-electron chi connectivity index (χ1n) is 8.98. The minimum absolute atomic E-state index is 0.633. The second-order valence-electron chi connectivity index (χ2n) is 7.99. The minimum Gasteiger partial charge on any atom is -0.228 e. The topological polar surface area (TPSA) is 34.1 Å². The summed E-state index contributed by atoms with van der Waals surface area (Å²) < 4.78 is 25.1. The smallest absolute Gasteiger partial charge is 0.160 e. The SMILES string of the molecule is CC(C)(CCc1ccccc1)S(=O)(=O)C(C)(C)CCc1ccccc1. The van der Waals surface area contributed by atoms with Crippen LogP contribution < -0.4 is 0 Å². The van der Waals surface area contributed by atoms with Gasteiger partial charge < -0.3 is 0 Å². The quantitative estimate of drug-likeness (QED) is 0.648. The molecule has 2 aromatic rings. The van der Waals surface area contributed by atoms with E-state index in [2.05, 4.69) is 24.3 Å². The summed E-state index contributed by atoms with van der Waals surface area (Å²) in [6.45, 7) is 7.48. The zero-order valence-electron chi connectivity index (χ0n) is 15.8. The summed E-state index contributed by atoms with van der Waals surface area (Å²) in [6.07, 6.45) is 2.83. The summed E-state index contributed by atoms with van der Waals surface area (Å²) in [4.78, 5) is 0. The maximum atomic E-state index is 13.3. The highest BCUT2D eigenvalue weighted by atomic mass is 32.2. The van der Waals surface area contributed by atoms with Crippen LogP contribution in [-0.4, -0.2) is 17.9 Å². The van der Waals surface area contributed by atoms with Gasteiger partial charge in [0.2, 0.25) is 0 Å². The number of rotatable bonds is 8. The van der Waals surface area contributed by atoms with Gasteiger partial charge in [-0.15, -0.1) is 0 Å². The van der Waals surface area contributed by atoms with Crippen LogP contribution in [0.1, 0.15) is 51.7 Å². The Bertz CT molecular complexity index is 699. The van der Waals surface area contributed by atoms with E-state index in [-0.39, 0.29) is 0 Å². The van der Waals surface area contributed by atoms with E-state index in [1.165, 1.54) is 11.1 Å². The van der Waals surface area contributed by atoms with Gasteiger partial charge in [-0.1, -0.05) is 60.7 Å². The van der Waals surface area contributed by atoms with E-state index < -0.39 is 19.3 Å². The van der Waals surface area contributed by atoms with Gasteiger partial charge in [-0.25, -0.2) is 8.42 Å². The van der Waals surface area contributed by atoms with Crippen LogP contribution >= 0.6 is 0 Å². The lowest BCUT2D eigenvalue weighted by Gasteiger charge is -2.35. The van der Waals surface area contributed by atoms with E-state index in [9.17, 15) is 8.42 Å². The molecule has 2 aromatic carbocycles. The molecule has 0 aliphatic rings. The van der Waals surface area contributed by atoms with Crippen LogP contribution in [0.2, 0.25) is 0 Å². The highest BCUT2D eigenvalue weighted by Crippen LogP contribution is 2.35. The summed E-state index contributed by atoms with van der Waals surface area (Å²) in [5.74, 6) is 0. The lowest BCUT2D eigenvalue weighted by Crippen LogP contribution is -2.46. The molecule has 0 atom stereocenters. The maximum Gasteiger partial charge on any atom is 0.160 e. The highest BCUT2D eigenvalue weighted by Gasteiger charge is 2.45. The van der Waals surface area contributed by atoms with Crippen molar-refractivity contribution in [2.75, 3.05) is 0 Å². The molecular weight excluding hydrogens is 328 g/mol. The number of sulfone groups is 1. The van der Waals surface area contributed by atoms with Crippen molar-refractivity contribution >= 4 is 9.84 Å². The molecule has 0 aliphatic carbocycles. The van der Waals surface area contributed by atoms with E-state index in [4.69, 9.17) is 0 Å². The summed E-state index contributed by atoms with van der Waals surface area (Å²) in [5.41, 5.74) is 2.38. The molecule has 0 unspecified atom stereocenters. The van der Waals surface area contributed by atoms with Crippen molar-refractivity contribution in [2.45, 2.75) is 62.9 Å². The fraction of sp³-hybridized carbons (Fsp3) is 0.455. The molecule has 2 nitrogen and oxygen atoms in total. The second kappa shape index (κ2) is 7.74. The maximum absolute atomic E-state index is 13.3. The fourth-order valence-corrected chi connectivity index (χ4v) is 5.43. The van der Waals surface area contributed by atoms with E-state index in [0.29, 0.717) is 12.8 Å². The molecule has 2 rings (SSSR count). The second-order valence-corrected chi connectivity index (χ2v) is 11.2. The minimum atomic E-state index is -3.28. The average molecular weight is 359 g/mol. The molecule has 0 saturated heterocycles. The summed E-state index contributed by atoms with van der Waals surface area (Å²) in [6, 6.07) is 20.2. The van der Waals surface area contributed by atoms with Gasteiger partial charge >= 0.3 is 0 Å². The number of hydrogen-bond donors (Lipinski definition) is 0. The standard InChI is InChI=1S/C22H30O2S/c1-21(2,17-15-19-11-7-5-8-12-19)25(23,24)22(3,4)18-16-20-13-9-6-10-14-20/h5-14H,15-18H2,1-4H3. The highest BCUT2D eigenvalue weighted by molar-refractivity contribution is 7.94. The molecule has 136 valence electrons. The lowest BCUT2D eigenvalue weighted by atomic mass is 10.0. The van der Waals surface area contributed by atoms with Crippen LogP contribution in [0.15, 0.2) is 60.7 Å². The molecule has 0 heterocycles. The Morgan fingerprint density at radius 2 is 0.960 bits per heavy atom. The van der Waals surface area contributed by atoms with Gasteiger partial charge in [0.1, 0.15) is 0 Å². The first-order valence-corrected chi connectivity index (χ1v) is 10.5. The monoisotopic (exact) mass is 358 g/mol. The third-order valence-corrected chi connectivity index (χ3v) is 8.49. The first-order chi connectivity index (χ1) is 11.7. The first kappa shape index (κ1) is 19.7. The van der Waals surface area contributed by atoms with Gasteiger partial charge in [0.25, 0.3) is 0 Å². The van der Waals surface area contributed by atoms with Gasteiger partial charge in [-0.05, 0) is 64.5 Å². The van der Waals surface area contributed by atoms with E-state index in [0.717, 1.165) is 12.8 Å². The summed E-state index contributed by atoms with van der Waals surface area (Å²) in [7, 11) is -3.28. The fourth-order valence-electron chi connectivity index (χ4n) is 3.20. The molecule has 0 aromatic heterocycles. The Morgan fingerprint density at radius 3 is 1.28 bits per heavy atom. The van der Waals surface area contributed by atoms with Crippen LogP contribution in [-0.2, 0) is 22.7 Å². The molecule has 3 heteroatoms. The number of aryl methyl sites for hydroxylation is 2. The van der Waals surface area contributed by atoms with Gasteiger partial charge in [0.15, 0.2) is 9.84 Å². The average Bonchev–Trinajstić information content (AvgIpc) is 2.60. The number of hydrogen-bond acceptors (Lipinski definition) is 2. The molecule has 0 N–H and O–H groups in total. The molecular formula is C22H30O2S. The van der Waals surface area contributed by atoms with Crippen LogP contribution in [0.5, 0.6) is 0 Å². The van der Waals surface area contributed by atoms with Crippen molar-refractivity contribution in [3.8, 4) is 0 Å². The van der Waals surface area contributed by atoms with Crippen molar-refractivity contribution in [3.63, 3.8) is 0 Å². The third kappa shape index (κ3) is 4.72. The Balaban J connectivity index is 2.08. The molecule has 0 saturated carbocycles. The lowest BCUT2D eigenvalue weighted by molar-refractivity contribution is 0.476. The van der Waals surface area contributed by atoms with Gasteiger partial charge in [-0.2, -0.15) is 0 Å². The Morgan fingerprint density at radius 1 is 0.640 bits per heavy atom. The zero-order chi connectivity index (χ0) is 18.6. The van der Waals surface area contributed by atoms with E-state index >= 15 is 0 Å². The van der Waals surface area contributed by atoms with Crippen LogP contribution in [0.25, 0.3) is 0 Å². The Kier molecular flexibility index (Phi) is 6.10. The Labute approximate surface area is 153 Å². The van der Waals surface area contributed by atoms with Crippen molar-refractivity contribution in [3.05, 3.63) is 71.8 Å². The largest absolute Gasteiger partial charge is 0.228 e. The van der Waals surface area contributed by atoms with Crippen molar-refractivity contribution in [1.29, 1.82) is 0 Å². The summed E-state index contributed by atoms with van der Waals surface area (Å²) in [5, 5.41) is 0. The van der Waals surface area contributed by atoms with Gasteiger partial charge in [0, 0.05) is 0 Å². The van der Waals surface area contributed by atoms with Crippen LogP contribution in [0.4, 0.5) is 0 Å².